The molecule has 36 heavy (non-hydrogen) atoms. The first-order chi connectivity index (χ1) is 17.1. The van der Waals surface area contributed by atoms with Gasteiger partial charge in [-0.25, -0.2) is 9.79 Å². The summed E-state index contributed by atoms with van der Waals surface area (Å²) in [7, 11) is 1.76. The van der Waals surface area contributed by atoms with Gasteiger partial charge in [-0.3, -0.25) is 19.7 Å². The lowest BCUT2D eigenvalue weighted by Gasteiger charge is -2.39. The monoisotopic (exact) mass is 500 g/mol. The molecule has 1 saturated carbocycles. The zero-order valence-electron chi connectivity index (χ0n) is 21.5. The summed E-state index contributed by atoms with van der Waals surface area (Å²) in [5.74, 6) is -0.890. The van der Waals surface area contributed by atoms with E-state index in [0.717, 1.165) is 12.8 Å². The van der Waals surface area contributed by atoms with Gasteiger partial charge >= 0.3 is 12.0 Å². The zero-order chi connectivity index (χ0) is 26.4. The third-order valence-electron chi connectivity index (χ3n) is 6.90. The lowest BCUT2D eigenvalue weighted by atomic mass is 9.86. The molecule has 0 N–H and O–H groups in total. The molecule has 0 bridgehead atoms. The van der Waals surface area contributed by atoms with Crippen molar-refractivity contribution in [2.75, 3.05) is 20.1 Å². The van der Waals surface area contributed by atoms with Crippen LogP contribution in [0.5, 0.6) is 0 Å². The van der Waals surface area contributed by atoms with E-state index < -0.39 is 28.9 Å². The third-order valence-corrected chi connectivity index (χ3v) is 6.90. The molecule has 10 heteroatoms. The van der Waals surface area contributed by atoms with Crippen LogP contribution in [0.1, 0.15) is 70.9 Å². The number of urea groups is 1. The van der Waals surface area contributed by atoms with E-state index in [1.807, 2.05) is 0 Å². The predicted octanol–water partition coefficient (Wildman–Crippen LogP) is 4.53. The highest BCUT2D eigenvalue weighted by molar-refractivity contribution is 6.08. The van der Waals surface area contributed by atoms with E-state index in [1.165, 1.54) is 35.9 Å². The van der Waals surface area contributed by atoms with Crippen LogP contribution in [-0.4, -0.2) is 64.6 Å². The molecular weight excluding hydrogens is 464 g/mol. The smallest absolute Gasteiger partial charge is 0.344 e. The number of hydrogen-bond donors (Lipinski definition) is 0. The molecule has 3 amide bonds. The van der Waals surface area contributed by atoms with Gasteiger partial charge < -0.3 is 14.5 Å². The average molecular weight is 501 g/mol. The highest BCUT2D eigenvalue weighted by Crippen LogP contribution is 2.36. The minimum Gasteiger partial charge on any atom is -0.462 e. The zero-order valence-corrected chi connectivity index (χ0v) is 21.5. The first-order valence-electron chi connectivity index (χ1n) is 12.6. The first-order valence-corrected chi connectivity index (χ1v) is 12.6. The largest absolute Gasteiger partial charge is 0.462 e. The van der Waals surface area contributed by atoms with E-state index in [1.54, 1.807) is 38.8 Å². The summed E-state index contributed by atoms with van der Waals surface area (Å²) in [6.45, 7) is 5.74. The molecule has 2 atom stereocenters. The Hall–Kier alpha value is -3.30. The quantitative estimate of drug-likeness (QED) is 0.264. The van der Waals surface area contributed by atoms with Crippen molar-refractivity contribution in [3.05, 3.63) is 39.9 Å². The van der Waals surface area contributed by atoms with Crippen molar-refractivity contribution in [1.82, 2.24) is 9.80 Å². The number of non-ortho nitro benzene ring substituents is 1. The first kappa shape index (κ1) is 27.3. The van der Waals surface area contributed by atoms with Gasteiger partial charge in [0, 0.05) is 44.4 Å². The summed E-state index contributed by atoms with van der Waals surface area (Å²) in [6.07, 6.45) is 5.19. The summed E-state index contributed by atoms with van der Waals surface area (Å²) in [6, 6.07) is 4.64. The molecule has 3 rings (SSSR count). The molecule has 1 aliphatic heterocycles. The number of amides is 3. The van der Waals surface area contributed by atoms with E-state index in [-0.39, 0.29) is 24.2 Å². The van der Waals surface area contributed by atoms with E-state index >= 15 is 0 Å². The molecule has 2 unspecified atom stereocenters. The summed E-state index contributed by atoms with van der Waals surface area (Å²) in [5.41, 5.74) is 0.638. The van der Waals surface area contributed by atoms with Gasteiger partial charge in [-0.1, -0.05) is 25.0 Å². The summed E-state index contributed by atoms with van der Waals surface area (Å²) >= 11 is 0. The molecule has 1 aromatic carbocycles. The maximum atomic E-state index is 13.1. The van der Waals surface area contributed by atoms with Crippen molar-refractivity contribution in [2.45, 2.75) is 71.4 Å². The minimum atomic E-state index is -0.895. The minimum absolute atomic E-state index is 0.0920. The van der Waals surface area contributed by atoms with Crippen molar-refractivity contribution in [1.29, 1.82) is 0 Å². The van der Waals surface area contributed by atoms with Gasteiger partial charge in [-0.2, -0.15) is 0 Å². The molecule has 10 nitrogen and oxygen atoms in total. The van der Waals surface area contributed by atoms with Crippen LogP contribution in [0, 0.1) is 22.0 Å². The second-order valence-corrected chi connectivity index (χ2v) is 10.0. The van der Waals surface area contributed by atoms with Crippen molar-refractivity contribution in [2.24, 2.45) is 16.8 Å². The number of carbonyl (C=O) groups excluding carboxylic acids is 3. The number of esters is 1. The van der Waals surface area contributed by atoms with Crippen LogP contribution in [0.2, 0.25) is 0 Å². The van der Waals surface area contributed by atoms with Crippen molar-refractivity contribution in [3.63, 3.8) is 0 Å². The van der Waals surface area contributed by atoms with Crippen molar-refractivity contribution in [3.8, 4) is 0 Å². The molecule has 1 aliphatic carbocycles. The van der Waals surface area contributed by atoms with Crippen LogP contribution in [0.4, 0.5) is 10.5 Å². The van der Waals surface area contributed by atoms with Gasteiger partial charge in [0.15, 0.2) is 0 Å². The standard InChI is InChI=1S/C26H36N4O6/c1-17(2)36-25(32)23-18(3)27-26(33)29(24(23)20-11-7-12-21(16-20)30(34)35)14-8-13-28(4)22(31)15-19-9-5-6-10-19/h7,11-12,16-17,19,23-24H,5-6,8-10,13-15H2,1-4H3. The van der Waals surface area contributed by atoms with E-state index in [2.05, 4.69) is 4.99 Å². The number of benzene rings is 1. The topological polar surface area (TPSA) is 122 Å². The van der Waals surface area contributed by atoms with E-state index in [9.17, 15) is 24.5 Å². The van der Waals surface area contributed by atoms with Gasteiger partial charge in [-0.05, 0) is 51.5 Å². The summed E-state index contributed by atoms with van der Waals surface area (Å²) in [4.78, 5) is 56.9. The number of aliphatic imine (C=N–C) groups is 1. The maximum Gasteiger partial charge on any atom is 0.344 e. The van der Waals surface area contributed by atoms with Gasteiger partial charge in [0.05, 0.1) is 17.1 Å². The Bertz CT molecular complexity index is 1020. The molecule has 1 aromatic rings. The molecule has 0 spiro atoms. The Morgan fingerprint density at radius 3 is 2.61 bits per heavy atom. The van der Waals surface area contributed by atoms with E-state index in [4.69, 9.17) is 4.74 Å². The molecule has 1 fully saturated rings. The fourth-order valence-corrected chi connectivity index (χ4v) is 5.07. The number of nitro benzene ring substituents is 1. The van der Waals surface area contributed by atoms with Crippen LogP contribution in [0.25, 0.3) is 0 Å². The highest BCUT2D eigenvalue weighted by atomic mass is 16.6. The van der Waals surface area contributed by atoms with Crippen LogP contribution in [-0.2, 0) is 14.3 Å². The highest BCUT2D eigenvalue weighted by Gasteiger charge is 2.43. The van der Waals surface area contributed by atoms with Crippen LogP contribution < -0.4 is 0 Å². The summed E-state index contributed by atoms with van der Waals surface area (Å²) in [5, 5.41) is 11.4. The fraction of sp³-hybridized carbons (Fsp3) is 0.615. The normalized spacial score (nSPS) is 20.4. The summed E-state index contributed by atoms with van der Waals surface area (Å²) < 4.78 is 5.47. The van der Waals surface area contributed by atoms with Crippen molar-refractivity contribution >= 4 is 29.3 Å². The fourth-order valence-electron chi connectivity index (χ4n) is 5.07. The number of nitrogens with zero attached hydrogens (tertiary/aromatic N) is 4. The van der Waals surface area contributed by atoms with Crippen LogP contribution in [0.15, 0.2) is 29.3 Å². The Morgan fingerprint density at radius 1 is 1.28 bits per heavy atom. The van der Waals surface area contributed by atoms with Crippen LogP contribution >= 0.6 is 0 Å². The second-order valence-electron chi connectivity index (χ2n) is 10.0. The lowest BCUT2D eigenvalue weighted by molar-refractivity contribution is -0.385. The SMILES string of the molecule is CC1=NC(=O)N(CCCN(C)C(=O)CC2CCCC2)C(c2cccc([N+](=O)[O-])c2)C1C(=O)OC(C)C. The molecule has 0 aromatic heterocycles. The Morgan fingerprint density at radius 2 is 1.97 bits per heavy atom. The average Bonchev–Trinajstić information content (AvgIpc) is 3.32. The maximum absolute atomic E-state index is 13.1. The van der Waals surface area contributed by atoms with E-state index in [0.29, 0.717) is 36.6 Å². The lowest BCUT2D eigenvalue weighted by Crippen LogP contribution is -2.48. The number of nitro groups is 1. The second kappa shape index (κ2) is 12.1. The van der Waals surface area contributed by atoms with Crippen LogP contribution in [0.3, 0.4) is 0 Å². The Balaban J connectivity index is 1.81. The molecule has 2 aliphatic rings. The molecule has 0 radical (unpaired) electrons. The molecule has 196 valence electrons. The number of ether oxygens (including phenoxy) is 1. The van der Waals surface area contributed by atoms with Crippen molar-refractivity contribution < 1.29 is 24.0 Å². The van der Waals surface area contributed by atoms with Gasteiger partial charge in [-0.15, -0.1) is 0 Å². The molecular formula is C26H36N4O6. The number of rotatable bonds is 10. The molecule has 0 saturated heterocycles. The predicted molar refractivity (Wildman–Crippen MR) is 135 cm³/mol. The van der Waals surface area contributed by atoms with Gasteiger partial charge in [0.2, 0.25) is 5.91 Å². The Labute approximate surface area is 211 Å². The molecule has 1 heterocycles. The Kier molecular flexibility index (Phi) is 9.17. The van der Waals surface area contributed by atoms with Gasteiger partial charge in [0.25, 0.3) is 5.69 Å². The third kappa shape index (κ3) is 6.67. The van der Waals surface area contributed by atoms with Gasteiger partial charge in [0.1, 0.15) is 5.92 Å². The number of hydrogen-bond acceptors (Lipinski definition) is 6. The number of carbonyl (C=O) groups is 3.